The van der Waals surface area contributed by atoms with Gasteiger partial charge in [-0.05, 0) is 12.5 Å². The highest BCUT2D eigenvalue weighted by Gasteiger charge is 2.14. The molecular weight excluding hydrogens is 252 g/mol. The molecule has 0 amide bonds. The summed E-state index contributed by atoms with van der Waals surface area (Å²) in [5.74, 6) is -3.26. The summed E-state index contributed by atoms with van der Waals surface area (Å²) < 4.78 is 0. The summed E-state index contributed by atoms with van der Waals surface area (Å²) in [6.45, 7) is 3.54. The van der Waals surface area contributed by atoms with Gasteiger partial charge in [-0.25, -0.2) is 0 Å². The van der Waals surface area contributed by atoms with Gasteiger partial charge in [-0.3, -0.25) is 9.59 Å². The van der Waals surface area contributed by atoms with Crippen LogP contribution in [-0.4, -0.2) is 38.2 Å². The Bertz CT molecular complexity index is 346. The van der Waals surface area contributed by atoms with Crippen molar-refractivity contribution >= 4 is 11.9 Å². The van der Waals surface area contributed by atoms with Crippen LogP contribution >= 0.6 is 0 Å². The molecule has 0 radical (unpaired) electrons. The lowest BCUT2D eigenvalue weighted by Crippen LogP contribution is -2.25. The van der Waals surface area contributed by atoms with Crippen molar-refractivity contribution in [3.8, 4) is 0 Å². The largest absolute Gasteiger partial charge is 0.481 e. The molecule has 0 spiro atoms. The fourth-order valence-corrected chi connectivity index (χ4v) is 0.983. The van der Waals surface area contributed by atoms with Crippen molar-refractivity contribution in [2.75, 3.05) is 0 Å². The first-order valence-electron chi connectivity index (χ1n) is 5.42. The first-order chi connectivity index (χ1) is 8.54. The van der Waals surface area contributed by atoms with E-state index in [9.17, 15) is 0 Å². The Morgan fingerprint density at radius 3 is 1.58 bits per heavy atom. The van der Waals surface area contributed by atoms with E-state index in [-0.39, 0.29) is 6.42 Å². The molecule has 0 fully saturated rings. The Kier molecular flexibility index (Phi) is 10.3. The number of rotatable bonds is 2. The zero-order valence-corrected chi connectivity index (χ0v) is 11.2. The fraction of sp³-hybridized carbons (Fsp3) is 0.385. The first kappa shape index (κ1) is 19.4. The molecule has 0 heterocycles. The number of carbonyl (C=O) groups is 2. The number of carboxylic acid groups (broad SMARTS) is 2. The molecule has 0 saturated carbocycles. The standard InChI is InChI=1S/C9H12O2.2C2H4O2/c1-9(10,11)7-8-5-3-2-4-6-8;2*1-2(3)4/h2-6,10-11H,7H2,1H3;2*1H3,(H,3,4). The quantitative estimate of drug-likeness (QED) is 0.599. The Balaban J connectivity index is 0. The maximum absolute atomic E-state index is 9.03. The van der Waals surface area contributed by atoms with E-state index in [1.165, 1.54) is 6.92 Å². The predicted octanol–water partition coefficient (Wildman–Crippen LogP) is 1.11. The SMILES string of the molecule is CC(=O)O.CC(=O)O.CC(O)(O)Cc1ccccc1. The van der Waals surface area contributed by atoms with Crippen LogP contribution in [0.2, 0.25) is 0 Å². The van der Waals surface area contributed by atoms with Gasteiger partial charge in [-0.1, -0.05) is 30.3 Å². The van der Waals surface area contributed by atoms with Crippen molar-refractivity contribution in [3.63, 3.8) is 0 Å². The van der Waals surface area contributed by atoms with Crippen LogP contribution in [0.1, 0.15) is 26.3 Å². The molecule has 1 aromatic rings. The average molecular weight is 272 g/mol. The molecule has 19 heavy (non-hydrogen) atoms. The Labute approximate surface area is 111 Å². The van der Waals surface area contributed by atoms with Crippen LogP contribution in [0.15, 0.2) is 30.3 Å². The van der Waals surface area contributed by atoms with Crippen LogP contribution in [0.3, 0.4) is 0 Å². The van der Waals surface area contributed by atoms with Crippen molar-refractivity contribution < 1.29 is 30.0 Å². The Morgan fingerprint density at radius 1 is 1.00 bits per heavy atom. The van der Waals surface area contributed by atoms with Gasteiger partial charge in [-0.15, -0.1) is 0 Å². The van der Waals surface area contributed by atoms with Gasteiger partial charge in [-0.2, -0.15) is 0 Å². The van der Waals surface area contributed by atoms with Gasteiger partial charge < -0.3 is 20.4 Å². The first-order valence-corrected chi connectivity index (χ1v) is 5.42. The minimum absolute atomic E-state index is 0.272. The topological polar surface area (TPSA) is 115 Å². The van der Waals surface area contributed by atoms with Crippen molar-refractivity contribution in [2.45, 2.75) is 33.0 Å². The van der Waals surface area contributed by atoms with E-state index in [1.54, 1.807) is 0 Å². The molecule has 6 heteroatoms. The molecule has 4 N–H and O–H groups in total. The molecule has 0 saturated heterocycles. The summed E-state index contributed by atoms with van der Waals surface area (Å²) in [6, 6.07) is 9.38. The van der Waals surface area contributed by atoms with Crippen molar-refractivity contribution in [2.24, 2.45) is 0 Å². The van der Waals surface area contributed by atoms with E-state index in [4.69, 9.17) is 30.0 Å². The monoisotopic (exact) mass is 272 g/mol. The molecule has 1 rings (SSSR count). The highest BCUT2D eigenvalue weighted by Crippen LogP contribution is 2.08. The van der Waals surface area contributed by atoms with E-state index >= 15 is 0 Å². The summed E-state index contributed by atoms with van der Waals surface area (Å²) in [6.07, 6.45) is 0.272. The Hall–Kier alpha value is -1.92. The van der Waals surface area contributed by atoms with Gasteiger partial charge >= 0.3 is 0 Å². The van der Waals surface area contributed by atoms with E-state index in [1.807, 2.05) is 30.3 Å². The van der Waals surface area contributed by atoms with Crippen molar-refractivity contribution in [1.29, 1.82) is 0 Å². The molecule has 0 aliphatic rings. The fourth-order valence-electron chi connectivity index (χ4n) is 0.983. The molecule has 0 aromatic heterocycles. The van der Waals surface area contributed by atoms with Gasteiger partial charge in [0.2, 0.25) is 0 Å². The lowest BCUT2D eigenvalue weighted by atomic mass is 10.1. The van der Waals surface area contributed by atoms with Crippen LogP contribution in [0.25, 0.3) is 0 Å². The van der Waals surface area contributed by atoms with Crippen LogP contribution in [0.5, 0.6) is 0 Å². The molecule has 6 nitrogen and oxygen atoms in total. The van der Waals surface area contributed by atoms with Gasteiger partial charge in [0.1, 0.15) is 0 Å². The van der Waals surface area contributed by atoms with Gasteiger partial charge in [0.05, 0.1) is 0 Å². The maximum Gasteiger partial charge on any atom is 0.300 e. The van der Waals surface area contributed by atoms with Gasteiger partial charge in [0.25, 0.3) is 11.9 Å². The number of benzene rings is 1. The van der Waals surface area contributed by atoms with E-state index < -0.39 is 17.7 Å². The summed E-state index contributed by atoms with van der Waals surface area (Å²) in [7, 11) is 0. The third kappa shape index (κ3) is 26.0. The molecule has 0 aliphatic heterocycles. The molecule has 0 aliphatic carbocycles. The highest BCUT2D eigenvalue weighted by molar-refractivity contribution is 5.63. The smallest absolute Gasteiger partial charge is 0.300 e. The third-order valence-electron chi connectivity index (χ3n) is 1.38. The van der Waals surface area contributed by atoms with Crippen LogP contribution in [0, 0.1) is 0 Å². The summed E-state index contributed by atoms with van der Waals surface area (Å²) in [4.78, 5) is 18.0. The number of hydrogen-bond acceptors (Lipinski definition) is 4. The number of aliphatic carboxylic acids is 2. The second-order valence-electron chi connectivity index (χ2n) is 3.92. The lowest BCUT2D eigenvalue weighted by molar-refractivity contribution is -0.142. The average Bonchev–Trinajstić information content (AvgIpc) is 2.14. The third-order valence-corrected chi connectivity index (χ3v) is 1.38. The zero-order valence-electron chi connectivity index (χ0n) is 11.2. The minimum atomic E-state index is -1.60. The van der Waals surface area contributed by atoms with Crippen LogP contribution < -0.4 is 0 Å². The molecular formula is C13H20O6. The van der Waals surface area contributed by atoms with Crippen LogP contribution in [-0.2, 0) is 16.0 Å². The van der Waals surface area contributed by atoms with Crippen molar-refractivity contribution in [1.82, 2.24) is 0 Å². The number of carboxylic acids is 2. The predicted molar refractivity (Wildman–Crippen MR) is 69.6 cm³/mol. The summed E-state index contributed by atoms with van der Waals surface area (Å²) >= 11 is 0. The lowest BCUT2D eigenvalue weighted by Gasteiger charge is -2.14. The highest BCUT2D eigenvalue weighted by atomic mass is 16.5. The summed E-state index contributed by atoms with van der Waals surface area (Å²) in [5.41, 5.74) is 0.931. The van der Waals surface area contributed by atoms with Gasteiger partial charge in [0, 0.05) is 20.3 Å². The molecule has 0 unspecified atom stereocenters. The molecule has 0 bridgehead atoms. The van der Waals surface area contributed by atoms with E-state index in [2.05, 4.69) is 0 Å². The number of hydrogen-bond donors (Lipinski definition) is 4. The molecule has 0 atom stereocenters. The normalized spacial score (nSPS) is 9.32. The van der Waals surface area contributed by atoms with Crippen molar-refractivity contribution in [3.05, 3.63) is 35.9 Å². The Morgan fingerprint density at radius 2 is 1.32 bits per heavy atom. The van der Waals surface area contributed by atoms with E-state index in [0.717, 1.165) is 19.4 Å². The second-order valence-corrected chi connectivity index (χ2v) is 3.92. The molecule has 108 valence electrons. The zero-order chi connectivity index (χ0) is 15.5. The van der Waals surface area contributed by atoms with E-state index in [0.29, 0.717) is 0 Å². The second kappa shape index (κ2) is 10.0. The van der Waals surface area contributed by atoms with Crippen LogP contribution in [0.4, 0.5) is 0 Å². The summed E-state index contributed by atoms with van der Waals surface area (Å²) in [5, 5.41) is 32.9. The maximum atomic E-state index is 9.03. The minimum Gasteiger partial charge on any atom is -0.481 e. The molecule has 1 aromatic carbocycles. The van der Waals surface area contributed by atoms with Gasteiger partial charge in [0.15, 0.2) is 5.79 Å². The number of aliphatic hydroxyl groups is 2.